The van der Waals surface area contributed by atoms with Crippen LogP contribution < -0.4 is 4.90 Å². The van der Waals surface area contributed by atoms with E-state index in [1.54, 1.807) is 6.26 Å². The third kappa shape index (κ3) is 2.52. The van der Waals surface area contributed by atoms with Crippen LogP contribution in [0.5, 0.6) is 0 Å². The highest BCUT2D eigenvalue weighted by atomic mass is 35.5. The fourth-order valence-electron chi connectivity index (χ4n) is 2.45. The summed E-state index contributed by atoms with van der Waals surface area (Å²) in [5.74, 6) is 3.31. The molecule has 2 aromatic heterocycles. The zero-order valence-electron chi connectivity index (χ0n) is 11.1. The highest BCUT2D eigenvalue weighted by molar-refractivity contribution is 6.29. The van der Waals surface area contributed by atoms with Crippen molar-refractivity contribution in [3.05, 3.63) is 41.2 Å². The quantitative estimate of drug-likeness (QED) is 0.786. The van der Waals surface area contributed by atoms with Crippen molar-refractivity contribution in [2.75, 3.05) is 4.90 Å². The molecule has 0 bridgehead atoms. The maximum absolute atomic E-state index is 6.17. The largest absolute Gasteiger partial charge is 0.467 e. The molecule has 2 aliphatic carbocycles. The van der Waals surface area contributed by atoms with Gasteiger partial charge in [0.25, 0.3) is 0 Å². The molecule has 4 nitrogen and oxygen atoms in total. The van der Waals surface area contributed by atoms with Crippen molar-refractivity contribution in [2.24, 2.45) is 0 Å². The molecule has 2 aliphatic rings. The van der Waals surface area contributed by atoms with Gasteiger partial charge in [0, 0.05) is 18.0 Å². The Morgan fingerprint density at radius 3 is 2.75 bits per heavy atom. The normalized spacial score (nSPS) is 18.2. The van der Waals surface area contributed by atoms with Gasteiger partial charge in [-0.25, -0.2) is 9.97 Å². The molecule has 0 N–H and O–H groups in total. The number of furan rings is 1. The van der Waals surface area contributed by atoms with E-state index in [0.29, 0.717) is 17.1 Å². The third-order valence-electron chi connectivity index (χ3n) is 3.83. The molecule has 0 amide bonds. The van der Waals surface area contributed by atoms with E-state index in [1.807, 2.05) is 18.2 Å². The minimum atomic E-state index is 0.511. The van der Waals surface area contributed by atoms with Gasteiger partial charge in [-0.05, 0) is 37.8 Å². The SMILES string of the molecule is Clc1cc(N(Cc2ccco2)C2CC2)nc(C2CC2)n1. The molecule has 0 unspecified atom stereocenters. The van der Waals surface area contributed by atoms with Crippen molar-refractivity contribution in [2.45, 2.75) is 44.2 Å². The first kappa shape index (κ1) is 12.2. The van der Waals surface area contributed by atoms with E-state index >= 15 is 0 Å². The Morgan fingerprint density at radius 2 is 2.10 bits per heavy atom. The van der Waals surface area contributed by atoms with Crippen LogP contribution in [0, 0.1) is 0 Å². The van der Waals surface area contributed by atoms with Gasteiger partial charge in [0.2, 0.25) is 0 Å². The van der Waals surface area contributed by atoms with Crippen LogP contribution in [0.1, 0.15) is 43.2 Å². The van der Waals surface area contributed by atoms with E-state index in [0.717, 1.165) is 23.9 Å². The molecule has 0 aromatic carbocycles. The number of halogens is 1. The Labute approximate surface area is 122 Å². The second-order valence-corrected chi connectivity index (χ2v) is 6.01. The van der Waals surface area contributed by atoms with Gasteiger partial charge in [-0.15, -0.1) is 0 Å². The smallest absolute Gasteiger partial charge is 0.135 e. The fourth-order valence-corrected chi connectivity index (χ4v) is 2.63. The average molecular weight is 290 g/mol. The van der Waals surface area contributed by atoms with E-state index in [1.165, 1.54) is 25.7 Å². The molecule has 2 saturated carbocycles. The van der Waals surface area contributed by atoms with Crippen LogP contribution in [0.2, 0.25) is 5.15 Å². The highest BCUT2D eigenvalue weighted by Gasteiger charge is 2.33. The molecule has 0 radical (unpaired) electrons. The van der Waals surface area contributed by atoms with E-state index < -0.39 is 0 Å². The molecule has 104 valence electrons. The van der Waals surface area contributed by atoms with Gasteiger partial charge < -0.3 is 9.32 Å². The van der Waals surface area contributed by atoms with Gasteiger partial charge in [0.05, 0.1) is 12.8 Å². The van der Waals surface area contributed by atoms with Crippen molar-refractivity contribution < 1.29 is 4.42 Å². The summed E-state index contributed by atoms with van der Waals surface area (Å²) in [4.78, 5) is 11.4. The number of rotatable bonds is 5. The molecule has 0 atom stereocenters. The van der Waals surface area contributed by atoms with Crippen molar-refractivity contribution in [1.29, 1.82) is 0 Å². The number of aromatic nitrogens is 2. The monoisotopic (exact) mass is 289 g/mol. The number of nitrogens with zero attached hydrogens (tertiary/aromatic N) is 3. The van der Waals surface area contributed by atoms with Gasteiger partial charge in [-0.3, -0.25) is 0 Å². The van der Waals surface area contributed by atoms with Crippen LogP contribution in [-0.2, 0) is 6.54 Å². The molecule has 4 rings (SSSR count). The van der Waals surface area contributed by atoms with Crippen LogP contribution in [0.25, 0.3) is 0 Å². The molecule has 20 heavy (non-hydrogen) atoms. The molecule has 5 heteroatoms. The lowest BCUT2D eigenvalue weighted by Crippen LogP contribution is -2.26. The lowest BCUT2D eigenvalue weighted by molar-refractivity contribution is 0.500. The molecule has 0 saturated heterocycles. The zero-order chi connectivity index (χ0) is 13.5. The second-order valence-electron chi connectivity index (χ2n) is 5.62. The summed E-state index contributed by atoms with van der Waals surface area (Å²) in [6.07, 6.45) is 6.49. The van der Waals surface area contributed by atoms with Crippen LogP contribution in [0.4, 0.5) is 5.82 Å². The molecule has 2 heterocycles. The summed E-state index contributed by atoms with van der Waals surface area (Å²) in [7, 11) is 0. The predicted molar refractivity (Wildman–Crippen MR) is 76.9 cm³/mol. The van der Waals surface area contributed by atoms with Gasteiger partial charge in [-0.2, -0.15) is 0 Å². The summed E-state index contributed by atoms with van der Waals surface area (Å²) in [6, 6.07) is 6.34. The standard InChI is InChI=1S/C15H16ClN3O/c16-13-8-14(18-15(17-13)10-3-4-10)19(11-5-6-11)9-12-2-1-7-20-12/h1-2,7-8,10-11H,3-6,9H2. The maximum atomic E-state index is 6.17. The highest BCUT2D eigenvalue weighted by Crippen LogP contribution is 2.40. The summed E-state index contributed by atoms with van der Waals surface area (Å²) in [6.45, 7) is 0.745. The van der Waals surface area contributed by atoms with Crippen molar-refractivity contribution in [3.63, 3.8) is 0 Å². The van der Waals surface area contributed by atoms with E-state index in [2.05, 4.69) is 9.88 Å². The number of anilines is 1. The summed E-state index contributed by atoms with van der Waals surface area (Å²) in [5, 5.41) is 0.544. The van der Waals surface area contributed by atoms with Gasteiger partial charge in [0.1, 0.15) is 22.6 Å². The van der Waals surface area contributed by atoms with E-state index in [4.69, 9.17) is 21.0 Å². The van der Waals surface area contributed by atoms with Crippen LogP contribution in [-0.4, -0.2) is 16.0 Å². The minimum absolute atomic E-state index is 0.511. The van der Waals surface area contributed by atoms with Crippen molar-refractivity contribution in [3.8, 4) is 0 Å². The van der Waals surface area contributed by atoms with Crippen LogP contribution in [0.3, 0.4) is 0 Å². The zero-order valence-corrected chi connectivity index (χ0v) is 11.9. The first-order valence-electron chi connectivity index (χ1n) is 7.13. The maximum Gasteiger partial charge on any atom is 0.135 e. The molecule has 2 aromatic rings. The Bertz CT molecular complexity index is 606. The van der Waals surface area contributed by atoms with Crippen molar-refractivity contribution >= 4 is 17.4 Å². The third-order valence-corrected chi connectivity index (χ3v) is 4.02. The van der Waals surface area contributed by atoms with Crippen LogP contribution >= 0.6 is 11.6 Å². The topological polar surface area (TPSA) is 42.2 Å². The number of hydrogen-bond acceptors (Lipinski definition) is 4. The van der Waals surface area contributed by atoms with E-state index in [9.17, 15) is 0 Å². The van der Waals surface area contributed by atoms with E-state index in [-0.39, 0.29) is 0 Å². The minimum Gasteiger partial charge on any atom is -0.467 e. The fraction of sp³-hybridized carbons (Fsp3) is 0.467. The van der Waals surface area contributed by atoms with Crippen LogP contribution in [0.15, 0.2) is 28.9 Å². The van der Waals surface area contributed by atoms with Gasteiger partial charge in [-0.1, -0.05) is 11.6 Å². The molecule has 0 spiro atoms. The Balaban J connectivity index is 1.65. The molecule has 2 fully saturated rings. The molecular formula is C15H16ClN3O. The van der Waals surface area contributed by atoms with Gasteiger partial charge in [0.15, 0.2) is 0 Å². The lowest BCUT2D eigenvalue weighted by atomic mass is 10.3. The van der Waals surface area contributed by atoms with Crippen molar-refractivity contribution in [1.82, 2.24) is 9.97 Å². The summed E-state index contributed by atoms with van der Waals surface area (Å²) in [5.41, 5.74) is 0. The first-order chi connectivity index (χ1) is 9.79. The Hall–Kier alpha value is -1.55. The lowest BCUT2D eigenvalue weighted by Gasteiger charge is -2.23. The Morgan fingerprint density at radius 1 is 1.25 bits per heavy atom. The Kier molecular flexibility index (Phi) is 2.91. The summed E-state index contributed by atoms with van der Waals surface area (Å²) < 4.78 is 5.47. The van der Waals surface area contributed by atoms with Gasteiger partial charge >= 0.3 is 0 Å². The molecular weight excluding hydrogens is 274 g/mol. The molecule has 0 aliphatic heterocycles. The number of hydrogen-bond donors (Lipinski definition) is 0. The second kappa shape index (κ2) is 4.77. The predicted octanol–water partition coefficient (Wildman–Crippen LogP) is 3.77. The average Bonchev–Trinajstić information content (AvgIpc) is 3.35. The summed E-state index contributed by atoms with van der Waals surface area (Å²) >= 11 is 6.17. The first-order valence-corrected chi connectivity index (χ1v) is 7.51.